The fourth-order valence-electron chi connectivity index (χ4n) is 2.47. The summed E-state index contributed by atoms with van der Waals surface area (Å²) >= 11 is 1.51. The van der Waals surface area contributed by atoms with E-state index in [1.807, 2.05) is 24.3 Å². The van der Waals surface area contributed by atoms with Crippen molar-refractivity contribution < 1.29 is 23.8 Å². The number of thiazole rings is 1. The molecule has 2 aromatic carbocycles. The Morgan fingerprint density at radius 3 is 2.68 bits per heavy atom. The first kappa shape index (κ1) is 19.8. The topological polar surface area (TPSA) is 86.8 Å². The number of hydrogen-bond acceptors (Lipinski definition) is 7. The fourth-order valence-corrected chi connectivity index (χ4v) is 3.38. The Labute approximate surface area is 166 Å². The number of amides is 1. The summed E-state index contributed by atoms with van der Waals surface area (Å²) < 4.78 is 16.7. The number of benzene rings is 2. The van der Waals surface area contributed by atoms with E-state index in [0.717, 1.165) is 15.2 Å². The molecule has 0 aliphatic heterocycles. The lowest BCUT2D eigenvalue weighted by Gasteiger charge is -2.15. The van der Waals surface area contributed by atoms with Crippen LogP contribution in [0.1, 0.15) is 11.9 Å². The van der Waals surface area contributed by atoms with Crippen molar-refractivity contribution in [3.63, 3.8) is 0 Å². The Kier molecular flexibility index (Phi) is 6.57. The zero-order chi connectivity index (χ0) is 19.9. The van der Waals surface area contributed by atoms with Crippen LogP contribution < -0.4 is 10.1 Å². The molecule has 0 aliphatic rings. The molecule has 1 atom stereocenters. The first-order chi connectivity index (χ1) is 13.6. The minimum atomic E-state index is -0.969. The number of anilines is 1. The van der Waals surface area contributed by atoms with Crippen LogP contribution in [0.5, 0.6) is 5.75 Å². The van der Waals surface area contributed by atoms with E-state index in [4.69, 9.17) is 14.2 Å². The first-order valence-electron chi connectivity index (χ1n) is 8.62. The van der Waals surface area contributed by atoms with Crippen molar-refractivity contribution in [1.82, 2.24) is 4.98 Å². The summed E-state index contributed by atoms with van der Waals surface area (Å²) in [6.45, 7) is 1.44. The first-order valence-corrected chi connectivity index (χ1v) is 9.44. The van der Waals surface area contributed by atoms with Gasteiger partial charge < -0.3 is 19.5 Å². The monoisotopic (exact) mass is 400 g/mol. The van der Waals surface area contributed by atoms with Gasteiger partial charge in [0.25, 0.3) is 5.91 Å². The van der Waals surface area contributed by atoms with Crippen molar-refractivity contribution in [2.75, 3.05) is 19.0 Å². The van der Waals surface area contributed by atoms with Gasteiger partial charge in [-0.25, -0.2) is 9.78 Å². The highest BCUT2D eigenvalue weighted by Gasteiger charge is 2.19. The van der Waals surface area contributed by atoms with Crippen molar-refractivity contribution in [3.8, 4) is 5.75 Å². The van der Waals surface area contributed by atoms with Gasteiger partial charge in [0.05, 0.1) is 29.6 Å². The molecule has 8 heteroatoms. The molecule has 0 spiro atoms. The third-order valence-corrected chi connectivity index (χ3v) is 4.84. The van der Waals surface area contributed by atoms with Crippen LogP contribution in [0.15, 0.2) is 48.5 Å². The number of nitrogens with one attached hydrogen (secondary N) is 1. The van der Waals surface area contributed by atoms with Crippen LogP contribution in [0.4, 0.5) is 5.69 Å². The van der Waals surface area contributed by atoms with Crippen LogP contribution in [0.2, 0.25) is 0 Å². The average Bonchev–Trinajstić information content (AvgIpc) is 3.11. The second kappa shape index (κ2) is 9.29. The Bertz CT molecular complexity index is 939. The summed E-state index contributed by atoms with van der Waals surface area (Å²) in [5.74, 6) is -0.554. The summed E-state index contributed by atoms with van der Waals surface area (Å²) in [4.78, 5) is 28.6. The Balaban J connectivity index is 1.45. The summed E-state index contributed by atoms with van der Waals surface area (Å²) in [6, 6.07) is 14.7. The van der Waals surface area contributed by atoms with Crippen LogP contribution in [0, 0.1) is 0 Å². The standard InChI is InChI=1S/C20H20N2O5S/c1-13(20(24)22-14-7-3-5-9-16(14)25-2)27-19(23)12-26-11-18-21-15-8-4-6-10-17(15)28-18/h3-10,13H,11-12H2,1-2H3,(H,22,24)/t13-/m1/s1. The number of methoxy groups -OCH3 is 1. The minimum Gasteiger partial charge on any atom is -0.495 e. The van der Waals surface area contributed by atoms with Gasteiger partial charge in [-0.15, -0.1) is 11.3 Å². The van der Waals surface area contributed by atoms with Gasteiger partial charge in [-0.1, -0.05) is 24.3 Å². The third-order valence-electron chi connectivity index (χ3n) is 3.83. The Morgan fingerprint density at radius 1 is 1.14 bits per heavy atom. The average molecular weight is 400 g/mol. The summed E-state index contributed by atoms with van der Waals surface area (Å²) in [6.07, 6.45) is -0.969. The van der Waals surface area contributed by atoms with Crippen LogP contribution in [-0.2, 0) is 25.7 Å². The molecule has 1 heterocycles. The number of nitrogens with zero attached hydrogens (tertiary/aromatic N) is 1. The second-order valence-corrected chi connectivity index (χ2v) is 7.00. The molecular weight excluding hydrogens is 380 g/mol. The molecule has 3 aromatic rings. The highest BCUT2D eigenvalue weighted by molar-refractivity contribution is 7.18. The van der Waals surface area contributed by atoms with Crippen molar-refractivity contribution in [1.29, 1.82) is 0 Å². The number of rotatable bonds is 8. The lowest BCUT2D eigenvalue weighted by molar-refractivity contribution is -0.157. The van der Waals surface area contributed by atoms with E-state index in [9.17, 15) is 9.59 Å². The molecule has 146 valence electrons. The molecule has 1 amide bonds. The molecule has 0 saturated heterocycles. The third kappa shape index (κ3) is 5.05. The number of fused-ring (bicyclic) bond motifs is 1. The van der Waals surface area contributed by atoms with Crippen LogP contribution in [0.3, 0.4) is 0 Å². The molecule has 1 aromatic heterocycles. The predicted molar refractivity (Wildman–Crippen MR) is 106 cm³/mol. The Hall–Kier alpha value is -2.97. The minimum absolute atomic E-state index is 0.205. The van der Waals surface area contributed by atoms with Crippen molar-refractivity contribution in [2.24, 2.45) is 0 Å². The SMILES string of the molecule is COc1ccccc1NC(=O)[C@@H](C)OC(=O)COCc1nc2ccccc2s1. The molecule has 0 aliphatic carbocycles. The number of carbonyl (C=O) groups is 2. The predicted octanol–water partition coefficient (Wildman–Crippen LogP) is 3.39. The van der Waals surface area contributed by atoms with Gasteiger partial charge in [-0.3, -0.25) is 4.79 Å². The lowest BCUT2D eigenvalue weighted by Crippen LogP contribution is -2.31. The molecule has 0 unspecified atom stereocenters. The quantitative estimate of drug-likeness (QED) is 0.583. The molecular formula is C20H20N2O5S. The van der Waals surface area contributed by atoms with E-state index in [1.54, 1.807) is 24.3 Å². The Morgan fingerprint density at radius 2 is 1.89 bits per heavy atom. The van der Waals surface area contributed by atoms with Gasteiger partial charge >= 0.3 is 5.97 Å². The van der Waals surface area contributed by atoms with Gasteiger partial charge in [-0.2, -0.15) is 0 Å². The van der Waals surface area contributed by atoms with Crippen LogP contribution in [0.25, 0.3) is 10.2 Å². The maximum Gasteiger partial charge on any atom is 0.332 e. The van der Waals surface area contributed by atoms with Crippen molar-refractivity contribution >= 4 is 39.1 Å². The van der Waals surface area contributed by atoms with Crippen LogP contribution >= 0.6 is 11.3 Å². The highest BCUT2D eigenvalue weighted by atomic mass is 32.1. The smallest absolute Gasteiger partial charge is 0.332 e. The maximum atomic E-state index is 12.2. The molecule has 28 heavy (non-hydrogen) atoms. The number of aromatic nitrogens is 1. The van der Waals surface area contributed by atoms with Gasteiger partial charge in [0.15, 0.2) is 6.10 Å². The number of hydrogen-bond donors (Lipinski definition) is 1. The highest BCUT2D eigenvalue weighted by Crippen LogP contribution is 2.23. The van der Waals surface area contributed by atoms with Crippen molar-refractivity contribution in [3.05, 3.63) is 53.5 Å². The largest absolute Gasteiger partial charge is 0.495 e. The van der Waals surface area contributed by atoms with E-state index in [0.29, 0.717) is 11.4 Å². The molecule has 0 saturated carbocycles. The number of carbonyl (C=O) groups excluding carboxylic acids is 2. The zero-order valence-electron chi connectivity index (χ0n) is 15.5. The van der Waals surface area contributed by atoms with E-state index < -0.39 is 18.0 Å². The number of ether oxygens (including phenoxy) is 3. The van der Waals surface area contributed by atoms with Crippen molar-refractivity contribution in [2.45, 2.75) is 19.6 Å². The summed E-state index contributed by atoms with van der Waals surface area (Å²) in [5.41, 5.74) is 1.40. The lowest BCUT2D eigenvalue weighted by atomic mass is 10.2. The summed E-state index contributed by atoms with van der Waals surface area (Å²) in [5, 5.41) is 3.45. The van der Waals surface area contributed by atoms with E-state index in [1.165, 1.54) is 25.4 Å². The molecule has 3 rings (SSSR count). The molecule has 0 bridgehead atoms. The molecule has 0 fully saturated rings. The van der Waals surface area contributed by atoms with Gasteiger partial charge in [0.1, 0.15) is 17.4 Å². The van der Waals surface area contributed by atoms with Gasteiger partial charge in [-0.05, 0) is 31.2 Å². The van der Waals surface area contributed by atoms with E-state index in [-0.39, 0.29) is 13.2 Å². The normalized spacial score (nSPS) is 11.8. The molecule has 7 nitrogen and oxygen atoms in total. The maximum absolute atomic E-state index is 12.2. The fraction of sp³-hybridized carbons (Fsp3) is 0.250. The van der Waals surface area contributed by atoms with E-state index in [2.05, 4.69) is 10.3 Å². The zero-order valence-corrected chi connectivity index (χ0v) is 16.3. The van der Waals surface area contributed by atoms with Crippen LogP contribution in [-0.4, -0.2) is 36.7 Å². The van der Waals surface area contributed by atoms with Gasteiger partial charge in [0, 0.05) is 0 Å². The molecule has 1 N–H and O–H groups in total. The second-order valence-electron chi connectivity index (χ2n) is 5.89. The number of esters is 1. The van der Waals surface area contributed by atoms with Gasteiger partial charge in [0.2, 0.25) is 0 Å². The number of para-hydroxylation sites is 3. The summed E-state index contributed by atoms with van der Waals surface area (Å²) in [7, 11) is 1.51. The van der Waals surface area contributed by atoms with E-state index >= 15 is 0 Å². The molecule has 0 radical (unpaired) electrons.